The van der Waals surface area contributed by atoms with E-state index in [1.54, 1.807) is 12.5 Å². The molecule has 1 aromatic carbocycles. The molecule has 28 heavy (non-hydrogen) atoms. The van der Waals surface area contributed by atoms with Crippen molar-refractivity contribution in [2.75, 3.05) is 29.9 Å². The van der Waals surface area contributed by atoms with Gasteiger partial charge in [-0.1, -0.05) is 11.6 Å². The summed E-state index contributed by atoms with van der Waals surface area (Å²) in [6.07, 6.45) is 5.38. The molecular formula is C20H25N7O. The number of aryl methyl sites for hydroxylation is 1. The molecule has 3 aromatic rings. The molecule has 1 saturated heterocycles. The van der Waals surface area contributed by atoms with Gasteiger partial charge < -0.3 is 15.5 Å². The monoisotopic (exact) mass is 379 g/mol. The van der Waals surface area contributed by atoms with Gasteiger partial charge in [0.2, 0.25) is 0 Å². The first-order valence-corrected chi connectivity index (χ1v) is 9.70. The number of carbonyl (C=O) groups is 1. The molecule has 4 rings (SSSR count). The maximum Gasteiger partial charge on any atom is 0.319 e. The lowest BCUT2D eigenvalue weighted by Gasteiger charge is -2.34. The van der Waals surface area contributed by atoms with E-state index >= 15 is 0 Å². The van der Waals surface area contributed by atoms with Crippen LogP contribution < -0.4 is 15.5 Å². The Hall–Kier alpha value is -3.16. The summed E-state index contributed by atoms with van der Waals surface area (Å²) in [5, 5.41) is 14.0. The highest BCUT2D eigenvalue weighted by Gasteiger charge is 2.27. The number of urea groups is 1. The van der Waals surface area contributed by atoms with Gasteiger partial charge in [-0.05, 0) is 38.8 Å². The van der Waals surface area contributed by atoms with Crippen molar-refractivity contribution >= 4 is 28.4 Å². The number of anilines is 2. The predicted octanol–water partition coefficient (Wildman–Crippen LogP) is 3.19. The number of hydrogen-bond donors (Lipinski definition) is 3. The van der Waals surface area contributed by atoms with Crippen LogP contribution in [0.5, 0.6) is 0 Å². The number of amides is 2. The zero-order valence-corrected chi connectivity index (χ0v) is 16.2. The highest BCUT2D eigenvalue weighted by Crippen LogP contribution is 2.34. The van der Waals surface area contributed by atoms with Crippen LogP contribution in [0.25, 0.3) is 10.9 Å². The number of carbonyl (C=O) groups excluding carboxylic acids is 1. The van der Waals surface area contributed by atoms with E-state index < -0.39 is 0 Å². The largest absolute Gasteiger partial charge is 0.355 e. The molecule has 8 nitrogen and oxygen atoms in total. The Bertz CT molecular complexity index is 984. The van der Waals surface area contributed by atoms with Gasteiger partial charge in [0.1, 0.15) is 12.1 Å². The zero-order chi connectivity index (χ0) is 19.5. The minimum Gasteiger partial charge on any atom is -0.355 e. The number of hydrogen-bond acceptors (Lipinski definition) is 5. The first-order chi connectivity index (χ1) is 13.7. The molecule has 0 bridgehead atoms. The molecule has 3 heterocycles. The highest BCUT2D eigenvalue weighted by molar-refractivity contribution is 5.90. The van der Waals surface area contributed by atoms with Crippen LogP contribution in [0.3, 0.4) is 0 Å². The number of H-pyrrole nitrogens is 1. The molecule has 0 spiro atoms. The maximum absolute atomic E-state index is 11.9. The summed E-state index contributed by atoms with van der Waals surface area (Å²) < 4.78 is 0. The molecule has 1 aliphatic heterocycles. The van der Waals surface area contributed by atoms with Gasteiger partial charge in [0.15, 0.2) is 0 Å². The topological polar surface area (TPSA) is 98.8 Å². The first-order valence-electron chi connectivity index (χ1n) is 9.70. The molecule has 2 amide bonds. The van der Waals surface area contributed by atoms with E-state index in [0.29, 0.717) is 6.54 Å². The Morgan fingerprint density at radius 1 is 1.36 bits per heavy atom. The Kier molecular flexibility index (Phi) is 5.10. The fourth-order valence-corrected chi connectivity index (χ4v) is 3.85. The van der Waals surface area contributed by atoms with Crippen LogP contribution >= 0.6 is 0 Å². The molecular weight excluding hydrogens is 354 g/mol. The molecule has 1 atom stereocenters. The van der Waals surface area contributed by atoms with Crippen molar-refractivity contribution in [3.63, 3.8) is 0 Å². The van der Waals surface area contributed by atoms with Crippen molar-refractivity contribution in [3.8, 4) is 0 Å². The van der Waals surface area contributed by atoms with Gasteiger partial charge in [0.05, 0.1) is 23.1 Å². The van der Waals surface area contributed by atoms with E-state index in [1.807, 2.05) is 13.0 Å². The van der Waals surface area contributed by atoms with Gasteiger partial charge in [0.25, 0.3) is 0 Å². The molecule has 2 aromatic heterocycles. The minimum atomic E-state index is -0.213. The molecule has 1 aliphatic rings. The number of benzene rings is 1. The fraction of sp³-hybridized carbons (Fsp3) is 0.400. The quantitative estimate of drug-likeness (QED) is 0.647. The standard InChI is InChI=1S/C20H25N7O/c1-3-21-20(28)25-17-10-24-26-18(17)14-5-4-8-27(11-14)19-15-9-13(2)6-7-16(15)22-12-23-19/h6-7,9-10,12,14H,3-5,8,11H2,1-2H3,(H,24,26)(H2,21,25,28)/t14-/m0/s1. The van der Waals surface area contributed by atoms with E-state index in [0.717, 1.165) is 54.0 Å². The number of nitrogens with one attached hydrogen (secondary N) is 3. The summed E-state index contributed by atoms with van der Waals surface area (Å²) in [5.74, 6) is 1.21. The number of nitrogens with zero attached hydrogens (tertiary/aromatic N) is 4. The second-order valence-corrected chi connectivity index (χ2v) is 7.18. The average molecular weight is 379 g/mol. The molecule has 0 saturated carbocycles. The normalized spacial score (nSPS) is 16.9. The Morgan fingerprint density at radius 3 is 3.11 bits per heavy atom. The number of aromatic nitrogens is 4. The molecule has 3 N–H and O–H groups in total. The van der Waals surface area contributed by atoms with Crippen LogP contribution in [0, 0.1) is 6.92 Å². The summed E-state index contributed by atoms with van der Waals surface area (Å²) in [5.41, 5.74) is 3.85. The van der Waals surface area contributed by atoms with Gasteiger partial charge in [0, 0.05) is 30.9 Å². The molecule has 0 unspecified atom stereocenters. The summed E-state index contributed by atoms with van der Waals surface area (Å²) in [6, 6.07) is 6.05. The third-order valence-corrected chi connectivity index (χ3v) is 5.15. The minimum absolute atomic E-state index is 0.213. The predicted molar refractivity (Wildman–Crippen MR) is 110 cm³/mol. The van der Waals surface area contributed by atoms with Gasteiger partial charge in [-0.2, -0.15) is 5.10 Å². The Morgan fingerprint density at radius 2 is 2.25 bits per heavy atom. The summed E-state index contributed by atoms with van der Waals surface area (Å²) in [4.78, 5) is 23.2. The van der Waals surface area contributed by atoms with E-state index in [9.17, 15) is 4.79 Å². The van der Waals surface area contributed by atoms with Crippen LogP contribution in [0.15, 0.2) is 30.7 Å². The molecule has 0 radical (unpaired) electrons. The summed E-state index contributed by atoms with van der Waals surface area (Å²) in [7, 11) is 0. The molecule has 1 fully saturated rings. The average Bonchev–Trinajstić information content (AvgIpc) is 3.16. The third kappa shape index (κ3) is 3.62. The van der Waals surface area contributed by atoms with Crippen molar-refractivity contribution in [2.45, 2.75) is 32.6 Å². The second-order valence-electron chi connectivity index (χ2n) is 7.18. The van der Waals surface area contributed by atoms with Crippen molar-refractivity contribution < 1.29 is 4.79 Å². The fourth-order valence-electron chi connectivity index (χ4n) is 3.85. The molecule has 0 aliphatic carbocycles. The lowest BCUT2D eigenvalue weighted by molar-refractivity contribution is 0.252. The van der Waals surface area contributed by atoms with Crippen LogP contribution in [0.1, 0.15) is 36.9 Å². The lowest BCUT2D eigenvalue weighted by Crippen LogP contribution is -2.36. The Labute approximate surface area is 163 Å². The third-order valence-electron chi connectivity index (χ3n) is 5.15. The summed E-state index contributed by atoms with van der Waals surface area (Å²) in [6.45, 7) is 6.31. The number of rotatable bonds is 4. The van der Waals surface area contributed by atoms with Gasteiger partial charge in [-0.25, -0.2) is 14.8 Å². The summed E-state index contributed by atoms with van der Waals surface area (Å²) >= 11 is 0. The van der Waals surface area contributed by atoms with Crippen LogP contribution in [-0.4, -0.2) is 45.8 Å². The van der Waals surface area contributed by atoms with Crippen LogP contribution in [-0.2, 0) is 0 Å². The zero-order valence-electron chi connectivity index (χ0n) is 16.2. The van der Waals surface area contributed by atoms with Gasteiger partial charge in [-0.15, -0.1) is 0 Å². The SMILES string of the molecule is CCNC(=O)Nc1cn[nH]c1[C@H]1CCCN(c2ncnc3ccc(C)cc23)C1. The van der Waals surface area contributed by atoms with Crippen molar-refractivity contribution in [2.24, 2.45) is 0 Å². The van der Waals surface area contributed by atoms with Crippen molar-refractivity contribution in [1.82, 2.24) is 25.5 Å². The van der Waals surface area contributed by atoms with Crippen LogP contribution in [0.4, 0.5) is 16.3 Å². The smallest absolute Gasteiger partial charge is 0.319 e. The lowest BCUT2D eigenvalue weighted by atomic mass is 9.93. The number of aromatic amines is 1. The first kappa shape index (κ1) is 18.2. The van der Waals surface area contributed by atoms with Crippen LogP contribution in [0.2, 0.25) is 0 Å². The second kappa shape index (κ2) is 7.84. The van der Waals surface area contributed by atoms with E-state index in [2.05, 4.69) is 54.8 Å². The van der Waals surface area contributed by atoms with Crippen molar-refractivity contribution in [1.29, 1.82) is 0 Å². The van der Waals surface area contributed by atoms with E-state index in [-0.39, 0.29) is 11.9 Å². The van der Waals surface area contributed by atoms with Gasteiger partial charge >= 0.3 is 6.03 Å². The molecule has 146 valence electrons. The number of fused-ring (bicyclic) bond motifs is 1. The van der Waals surface area contributed by atoms with E-state index in [4.69, 9.17) is 0 Å². The highest BCUT2D eigenvalue weighted by atomic mass is 16.2. The van der Waals surface area contributed by atoms with Gasteiger partial charge in [-0.3, -0.25) is 5.10 Å². The maximum atomic E-state index is 11.9. The van der Waals surface area contributed by atoms with E-state index in [1.165, 1.54) is 5.56 Å². The molecule has 8 heteroatoms. The van der Waals surface area contributed by atoms with Crippen molar-refractivity contribution in [3.05, 3.63) is 42.0 Å². The Balaban J connectivity index is 1.59. The number of piperidine rings is 1.